The van der Waals surface area contributed by atoms with E-state index in [0.717, 1.165) is 19.4 Å². The zero-order valence-corrected chi connectivity index (χ0v) is 12.2. The normalized spacial score (nSPS) is 10.6. The van der Waals surface area contributed by atoms with Crippen LogP contribution in [0.3, 0.4) is 0 Å². The zero-order valence-electron chi connectivity index (χ0n) is 9.06. The molecule has 1 aromatic heterocycles. The van der Waals surface area contributed by atoms with Crippen LogP contribution >= 0.6 is 38.9 Å². The number of hydrogen-bond donors (Lipinski definition) is 1. The third kappa shape index (κ3) is 3.00. The molecular weight excluding hydrogens is 325 g/mol. The van der Waals surface area contributed by atoms with E-state index in [-0.39, 0.29) is 5.82 Å². The lowest BCUT2D eigenvalue weighted by atomic mass is 10.2. The Morgan fingerprint density at radius 3 is 2.88 bits per heavy atom. The maximum absolute atomic E-state index is 13.3. The fourth-order valence-electron chi connectivity index (χ4n) is 1.46. The maximum atomic E-state index is 13.3. The van der Waals surface area contributed by atoms with Crippen LogP contribution in [0.2, 0.25) is 4.34 Å². The van der Waals surface area contributed by atoms with Crippen LogP contribution in [0.4, 0.5) is 10.1 Å². The van der Waals surface area contributed by atoms with Crippen LogP contribution < -0.4 is 5.32 Å². The molecular formula is C12H10BrClFNS. The fourth-order valence-corrected chi connectivity index (χ4v) is 3.19. The van der Waals surface area contributed by atoms with E-state index in [1.165, 1.54) is 17.4 Å². The van der Waals surface area contributed by atoms with Crippen LogP contribution in [-0.4, -0.2) is 0 Å². The lowest BCUT2D eigenvalue weighted by Gasteiger charge is -2.08. The fraction of sp³-hybridized carbons (Fsp3) is 0.167. The first-order chi connectivity index (χ1) is 8.08. The van der Waals surface area contributed by atoms with Gasteiger partial charge >= 0.3 is 0 Å². The predicted molar refractivity (Wildman–Crippen MR) is 75.5 cm³/mol. The summed E-state index contributed by atoms with van der Waals surface area (Å²) in [5.41, 5.74) is 1.44. The van der Waals surface area contributed by atoms with Crippen LogP contribution in [0.5, 0.6) is 0 Å². The smallest absolute Gasteiger partial charge is 0.128 e. The molecule has 0 saturated carbocycles. The van der Waals surface area contributed by atoms with Crippen molar-refractivity contribution in [2.45, 2.75) is 13.5 Å². The van der Waals surface area contributed by atoms with E-state index in [1.807, 2.05) is 12.1 Å². The Morgan fingerprint density at radius 2 is 2.24 bits per heavy atom. The third-order valence-corrected chi connectivity index (χ3v) is 4.89. The van der Waals surface area contributed by atoms with Gasteiger partial charge < -0.3 is 5.32 Å². The number of thiophene rings is 1. The van der Waals surface area contributed by atoms with Gasteiger partial charge in [0, 0.05) is 27.1 Å². The number of hydrogen-bond acceptors (Lipinski definition) is 2. The van der Waals surface area contributed by atoms with Gasteiger partial charge in [0.15, 0.2) is 0 Å². The first-order valence-corrected chi connectivity index (χ1v) is 6.99. The van der Waals surface area contributed by atoms with E-state index in [0.29, 0.717) is 12.1 Å². The molecule has 0 aliphatic heterocycles. The highest BCUT2D eigenvalue weighted by Gasteiger charge is 2.06. The molecule has 1 N–H and O–H groups in total. The van der Waals surface area contributed by atoms with Crippen molar-refractivity contribution in [3.8, 4) is 0 Å². The summed E-state index contributed by atoms with van der Waals surface area (Å²) in [6.07, 6.45) is 0. The molecule has 1 nitrogen and oxygen atoms in total. The van der Waals surface area contributed by atoms with Crippen molar-refractivity contribution in [1.82, 2.24) is 0 Å². The molecule has 1 aromatic carbocycles. The quantitative estimate of drug-likeness (QED) is 0.811. The summed E-state index contributed by atoms with van der Waals surface area (Å²) < 4.78 is 14.9. The lowest BCUT2D eigenvalue weighted by molar-refractivity contribution is 0.619. The van der Waals surface area contributed by atoms with Crippen LogP contribution in [0.1, 0.15) is 10.4 Å². The molecule has 0 spiro atoms. The third-order valence-electron chi connectivity index (χ3n) is 2.42. The molecule has 17 heavy (non-hydrogen) atoms. The summed E-state index contributed by atoms with van der Waals surface area (Å²) in [5.74, 6) is -0.194. The Balaban J connectivity index is 2.10. The molecule has 0 unspecified atom stereocenters. The van der Waals surface area contributed by atoms with Gasteiger partial charge in [0.2, 0.25) is 0 Å². The first-order valence-electron chi connectivity index (χ1n) is 5.00. The lowest BCUT2D eigenvalue weighted by Crippen LogP contribution is -2.00. The summed E-state index contributed by atoms with van der Waals surface area (Å²) in [7, 11) is 0. The Bertz CT molecular complexity index is 522. The number of nitrogens with one attached hydrogen (secondary N) is 1. The summed E-state index contributed by atoms with van der Waals surface area (Å²) in [5, 5.41) is 3.20. The van der Waals surface area contributed by atoms with Crippen molar-refractivity contribution in [2.24, 2.45) is 0 Å². The highest BCUT2D eigenvalue weighted by molar-refractivity contribution is 9.10. The van der Waals surface area contributed by atoms with E-state index in [4.69, 9.17) is 11.6 Å². The molecule has 0 radical (unpaired) electrons. The molecule has 0 atom stereocenters. The number of benzene rings is 1. The molecule has 5 heteroatoms. The average Bonchev–Trinajstić information content (AvgIpc) is 2.61. The van der Waals surface area contributed by atoms with Crippen molar-refractivity contribution in [3.05, 3.63) is 49.3 Å². The molecule has 2 rings (SSSR count). The molecule has 2 aromatic rings. The molecule has 0 saturated heterocycles. The minimum absolute atomic E-state index is 0.194. The zero-order chi connectivity index (χ0) is 12.4. The molecule has 90 valence electrons. The molecule has 0 bridgehead atoms. The van der Waals surface area contributed by atoms with Crippen LogP contribution in [-0.2, 0) is 6.54 Å². The maximum Gasteiger partial charge on any atom is 0.128 e. The molecule has 1 heterocycles. The van der Waals surface area contributed by atoms with Crippen LogP contribution in [0, 0.1) is 12.7 Å². The van der Waals surface area contributed by atoms with E-state index in [9.17, 15) is 4.39 Å². The van der Waals surface area contributed by atoms with Crippen LogP contribution in [0.15, 0.2) is 28.7 Å². The second-order valence-corrected chi connectivity index (χ2v) is 6.19. The van der Waals surface area contributed by atoms with Gasteiger partial charge in [-0.15, -0.1) is 11.3 Å². The van der Waals surface area contributed by atoms with Gasteiger partial charge in [-0.3, -0.25) is 0 Å². The summed E-state index contributed by atoms with van der Waals surface area (Å²) in [6.45, 7) is 2.40. The monoisotopic (exact) mass is 333 g/mol. The Morgan fingerprint density at radius 1 is 1.47 bits per heavy atom. The minimum atomic E-state index is -0.194. The van der Waals surface area contributed by atoms with Gasteiger partial charge in [-0.05, 0) is 41.1 Å². The number of halogens is 3. The van der Waals surface area contributed by atoms with Gasteiger partial charge in [-0.1, -0.05) is 17.7 Å². The Labute approximate surface area is 117 Å². The average molecular weight is 335 g/mol. The van der Waals surface area contributed by atoms with Crippen molar-refractivity contribution >= 4 is 44.6 Å². The van der Waals surface area contributed by atoms with E-state index < -0.39 is 0 Å². The van der Waals surface area contributed by atoms with Gasteiger partial charge in [-0.25, -0.2) is 4.39 Å². The summed E-state index contributed by atoms with van der Waals surface area (Å²) >= 11 is 10.8. The predicted octanol–water partition coefficient (Wildman–Crippen LogP) is 5.22. The topological polar surface area (TPSA) is 12.0 Å². The van der Waals surface area contributed by atoms with Crippen LogP contribution in [0.25, 0.3) is 0 Å². The second kappa shape index (κ2) is 5.38. The van der Waals surface area contributed by atoms with Gasteiger partial charge in [0.25, 0.3) is 0 Å². The molecule has 0 aliphatic carbocycles. The number of anilines is 1. The number of rotatable bonds is 3. The van der Waals surface area contributed by atoms with Gasteiger partial charge in [0.1, 0.15) is 10.2 Å². The first kappa shape index (κ1) is 12.9. The minimum Gasteiger partial charge on any atom is -0.380 e. The molecule has 0 fully saturated rings. The van der Waals surface area contributed by atoms with Crippen molar-refractivity contribution < 1.29 is 4.39 Å². The van der Waals surface area contributed by atoms with Crippen molar-refractivity contribution in [1.29, 1.82) is 0 Å². The summed E-state index contributed by atoms with van der Waals surface area (Å²) in [6, 6.07) is 6.98. The SMILES string of the molecule is Cc1c(F)cccc1NCc1cc(Br)c(Cl)s1. The Kier molecular flexibility index (Phi) is 4.07. The van der Waals surface area contributed by atoms with Crippen molar-refractivity contribution in [3.63, 3.8) is 0 Å². The summed E-state index contributed by atoms with van der Waals surface area (Å²) in [4.78, 5) is 1.10. The second-order valence-electron chi connectivity index (χ2n) is 3.60. The standard InChI is InChI=1S/C12H10BrClFNS/c1-7-10(15)3-2-4-11(7)16-6-8-5-9(13)12(14)17-8/h2-5,16H,6H2,1H3. The van der Waals surface area contributed by atoms with Crippen molar-refractivity contribution in [2.75, 3.05) is 5.32 Å². The van der Waals surface area contributed by atoms with E-state index >= 15 is 0 Å². The largest absolute Gasteiger partial charge is 0.380 e. The highest BCUT2D eigenvalue weighted by Crippen LogP contribution is 2.32. The van der Waals surface area contributed by atoms with Gasteiger partial charge in [-0.2, -0.15) is 0 Å². The van der Waals surface area contributed by atoms with E-state index in [2.05, 4.69) is 21.2 Å². The highest BCUT2D eigenvalue weighted by atomic mass is 79.9. The molecule has 0 amide bonds. The van der Waals surface area contributed by atoms with E-state index in [1.54, 1.807) is 13.0 Å². The Hall–Kier alpha value is -0.580. The van der Waals surface area contributed by atoms with Gasteiger partial charge in [0.05, 0.1) is 0 Å². The molecule has 0 aliphatic rings.